The number of aromatic nitrogens is 3. The van der Waals surface area contributed by atoms with Crippen molar-refractivity contribution in [2.75, 3.05) is 39.0 Å². The molecule has 1 aromatic carbocycles. The van der Waals surface area contributed by atoms with Crippen LogP contribution >= 0.6 is 11.6 Å². The molecule has 4 heterocycles. The number of hydrogen-bond donors (Lipinski definition) is 1. The van der Waals surface area contributed by atoms with Gasteiger partial charge in [-0.05, 0) is 56.0 Å². The Hall–Kier alpha value is -3.10. The first-order chi connectivity index (χ1) is 16.8. The van der Waals surface area contributed by atoms with Crippen molar-refractivity contribution >= 4 is 23.3 Å². The van der Waals surface area contributed by atoms with Gasteiger partial charge in [0.25, 0.3) is 5.91 Å². The van der Waals surface area contributed by atoms with E-state index < -0.39 is 5.82 Å². The number of rotatable bonds is 4. The van der Waals surface area contributed by atoms with E-state index in [-0.39, 0.29) is 16.5 Å². The fourth-order valence-electron chi connectivity index (χ4n) is 5.44. The fourth-order valence-corrected chi connectivity index (χ4v) is 5.73. The third-order valence-electron chi connectivity index (χ3n) is 7.19. The van der Waals surface area contributed by atoms with Gasteiger partial charge in [-0.2, -0.15) is 0 Å². The van der Waals surface area contributed by atoms with E-state index in [9.17, 15) is 4.79 Å². The first kappa shape index (κ1) is 23.6. The van der Waals surface area contributed by atoms with E-state index in [0.717, 1.165) is 42.8 Å². The largest absolute Gasteiger partial charge is 0.384 e. The van der Waals surface area contributed by atoms with Gasteiger partial charge in [-0.15, -0.1) is 0 Å². The van der Waals surface area contributed by atoms with Gasteiger partial charge in [0, 0.05) is 49.1 Å². The highest BCUT2D eigenvalue weighted by Crippen LogP contribution is 2.40. The molecule has 2 aliphatic heterocycles. The van der Waals surface area contributed by atoms with Crippen molar-refractivity contribution < 1.29 is 9.18 Å². The summed E-state index contributed by atoms with van der Waals surface area (Å²) in [7, 11) is 2.11. The maximum absolute atomic E-state index is 15.4. The first-order valence-electron chi connectivity index (χ1n) is 11.8. The Balaban J connectivity index is 1.47. The Morgan fingerprint density at radius 2 is 1.89 bits per heavy atom. The maximum atomic E-state index is 15.4. The molecule has 5 rings (SSSR count). The second kappa shape index (κ2) is 9.17. The molecule has 0 bridgehead atoms. The van der Waals surface area contributed by atoms with Crippen LogP contribution in [0.3, 0.4) is 0 Å². The van der Waals surface area contributed by atoms with Gasteiger partial charge in [0.2, 0.25) is 0 Å². The van der Waals surface area contributed by atoms with Crippen molar-refractivity contribution in [1.82, 2.24) is 24.8 Å². The summed E-state index contributed by atoms with van der Waals surface area (Å²) in [6.07, 6.45) is 5.61. The molecule has 2 saturated heterocycles. The molecule has 0 aliphatic carbocycles. The van der Waals surface area contributed by atoms with Gasteiger partial charge in [0.1, 0.15) is 18.0 Å². The molecule has 1 spiro atoms. The molecule has 2 aromatic heterocycles. The molecule has 9 heteroatoms. The molecule has 0 saturated carbocycles. The zero-order chi connectivity index (χ0) is 24.7. The van der Waals surface area contributed by atoms with Crippen LogP contribution in [-0.2, 0) is 6.42 Å². The first-order valence-corrected chi connectivity index (χ1v) is 12.2. The summed E-state index contributed by atoms with van der Waals surface area (Å²) in [5.41, 5.74) is 9.27. The lowest BCUT2D eigenvalue weighted by Crippen LogP contribution is -2.59. The molecule has 7 nitrogen and oxygen atoms in total. The number of amides is 1. The van der Waals surface area contributed by atoms with Crippen LogP contribution in [0.1, 0.15) is 35.8 Å². The van der Waals surface area contributed by atoms with Gasteiger partial charge >= 0.3 is 0 Å². The standard InChI is InChI=1S/C26H28ClFN6O/c1-3-20-22(16-4-5-21(29)30-12-16)24(32-15-31-20)17-10-18(27)23(19(28)11-17)25(35)34-8-6-26(7-9-34)13-33(2)14-26/h4-5,10-12,15H,3,6-9,13-14H2,1-2H3,(H2,29,30). The fraction of sp³-hybridized carbons (Fsp3) is 0.385. The topological polar surface area (TPSA) is 88.2 Å². The minimum atomic E-state index is -0.654. The van der Waals surface area contributed by atoms with Gasteiger partial charge < -0.3 is 15.5 Å². The molecule has 0 radical (unpaired) electrons. The number of carbonyl (C=O) groups excluding carboxylic acids is 1. The van der Waals surface area contributed by atoms with E-state index in [0.29, 0.717) is 42.0 Å². The van der Waals surface area contributed by atoms with E-state index in [1.807, 2.05) is 13.0 Å². The zero-order valence-corrected chi connectivity index (χ0v) is 20.6. The smallest absolute Gasteiger partial charge is 0.258 e. The molecular formula is C26H28ClFN6O. The van der Waals surface area contributed by atoms with E-state index in [1.165, 1.54) is 12.4 Å². The number of aryl methyl sites for hydroxylation is 1. The molecule has 2 fully saturated rings. The zero-order valence-electron chi connectivity index (χ0n) is 19.9. The second-order valence-electron chi connectivity index (χ2n) is 9.65. The van der Waals surface area contributed by atoms with Crippen LogP contribution in [0, 0.1) is 11.2 Å². The Kier molecular flexibility index (Phi) is 6.19. The van der Waals surface area contributed by atoms with E-state index in [4.69, 9.17) is 17.3 Å². The summed E-state index contributed by atoms with van der Waals surface area (Å²) in [6.45, 7) is 5.33. The molecule has 2 aliphatic rings. The third-order valence-corrected chi connectivity index (χ3v) is 7.49. The number of hydrogen-bond acceptors (Lipinski definition) is 6. The number of benzene rings is 1. The highest BCUT2D eigenvalue weighted by atomic mass is 35.5. The summed E-state index contributed by atoms with van der Waals surface area (Å²) < 4.78 is 15.4. The van der Waals surface area contributed by atoms with Crippen LogP contribution in [-0.4, -0.2) is 63.9 Å². The van der Waals surface area contributed by atoms with Gasteiger partial charge in [-0.1, -0.05) is 18.5 Å². The number of piperidine rings is 1. The van der Waals surface area contributed by atoms with Gasteiger partial charge in [0.15, 0.2) is 0 Å². The third kappa shape index (κ3) is 4.36. The van der Waals surface area contributed by atoms with E-state index >= 15 is 4.39 Å². The minimum absolute atomic E-state index is 0.0757. The number of anilines is 1. The summed E-state index contributed by atoms with van der Waals surface area (Å²) >= 11 is 6.54. The summed E-state index contributed by atoms with van der Waals surface area (Å²) in [6, 6.07) is 6.48. The Morgan fingerprint density at radius 3 is 2.49 bits per heavy atom. The normalized spacial score (nSPS) is 17.4. The highest BCUT2D eigenvalue weighted by molar-refractivity contribution is 6.34. The van der Waals surface area contributed by atoms with Gasteiger partial charge in [-0.3, -0.25) is 4.79 Å². The predicted octanol–water partition coefficient (Wildman–Crippen LogP) is 4.31. The van der Waals surface area contributed by atoms with Crippen molar-refractivity contribution in [2.45, 2.75) is 26.2 Å². The maximum Gasteiger partial charge on any atom is 0.258 e. The monoisotopic (exact) mass is 494 g/mol. The number of halogens is 2. The molecule has 0 atom stereocenters. The number of nitrogens with zero attached hydrogens (tertiary/aromatic N) is 5. The Labute approximate surface area is 209 Å². The molecule has 182 valence electrons. The number of likely N-dealkylation sites (tertiary alicyclic amines) is 2. The van der Waals surface area contributed by atoms with Crippen LogP contribution in [0.25, 0.3) is 22.4 Å². The van der Waals surface area contributed by atoms with Crippen LogP contribution in [0.2, 0.25) is 5.02 Å². The van der Waals surface area contributed by atoms with E-state index in [2.05, 4.69) is 26.9 Å². The number of carbonyl (C=O) groups is 1. The average Bonchev–Trinajstić information content (AvgIpc) is 2.83. The number of pyridine rings is 1. The van der Waals surface area contributed by atoms with Crippen LogP contribution in [0.5, 0.6) is 0 Å². The van der Waals surface area contributed by atoms with E-state index in [1.54, 1.807) is 23.2 Å². The predicted molar refractivity (Wildman–Crippen MR) is 135 cm³/mol. The van der Waals surface area contributed by atoms with Crippen LogP contribution < -0.4 is 5.73 Å². The van der Waals surface area contributed by atoms with Gasteiger partial charge in [-0.25, -0.2) is 19.3 Å². The number of nitrogens with two attached hydrogens (primary N) is 1. The van der Waals surface area contributed by atoms with Crippen molar-refractivity contribution in [3.63, 3.8) is 0 Å². The van der Waals surface area contributed by atoms with Crippen molar-refractivity contribution in [2.24, 2.45) is 5.41 Å². The average molecular weight is 495 g/mol. The van der Waals surface area contributed by atoms with Crippen molar-refractivity contribution in [3.05, 3.63) is 58.9 Å². The molecular weight excluding hydrogens is 467 g/mol. The summed E-state index contributed by atoms with van der Waals surface area (Å²) in [5, 5.41) is 0.0757. The van der Waals surface area contributed by atoms with Gasteiger partial charge in [0.05, 0.1) is 22.0 Å². The second-order valence-corrected chi connectivity index (χ2v) is 10.1. The lowest BCUT2D eigenvalue weighted by molar-refractivity contribution is -0.0269. The molecule has 35 heavy (non-hydrogen) atoms. The highest BCUT2D eigenvalue weighted by Gasteiger charge is 2.44. The van der Waals surface area contributed by atoms with Crippen molar-refractivity contribution in [3.8, 4) is 22.4 Å². The summed E-state index contributed by atoms with van der Waals surface area (Å²) in [5.74, 6) is -0.615. The lowest BCUT2D eigenvalue weighted by atomic mass is 9.72. The van der Waals surface area contributed by atoms with Crippen molar-refractivity contribution in [1.29, 1.82) is 0 Å². The minimum Gasteiger partial charge on any atom is -0.384 e. The van der Waals surface area contributed by atoms with Crippen LogP contribution in [0.15, 0.2) is 36.8 Å². The molecule has 2 N–H and O–H groups in total. The van der Waals surface area contributed by atoms with Crippen LogP contribution in [0.4, 0.5) is 10.2 Å². The Morgan fingerprint density at radius 1 is 1.14 bits per heavy atom. The SMILES string of the molecule is CCc1ncnc(-c2cc(F)c(C(=O)N3CCC4(CC3)CN(C)C4)c(Cl)c2)c1-c1ccc(N)nc1. The quantitative estimate of drug-likeness (QED) is 0.581. The molecule has 3 aromatic rings. The Bertz CT molecular complexity index is 1240. The number of nitrogen functional groups attached to an aromatic ring is 1. The molecule has 0 unspecified atom stereocenters. The lowest BCUT2D eigenvalue weighted by Gasteiger charge is -2.52. The molecule has 1 amide bonds. The summed E-state index contributed by atoms with van der Waals surface area (Å²) in [4.78, 5) is 30.3.